The Balaban J connectivity index is 0.00000400. The Hall–Kier alpha value is -2.95. The fourth-order valence-corrected chi connectivity index (χ4v) is 4.71. The van der Waals surface area contributed by atoms with E-state index in [4.69, 9.17) is 47.3 Å². The molecule has 0 bridgehead atoms. The predicted octanol–water partition coefficient (Wildman–Crippen LogP) is 2.96. The van der Waals surface area contributed by atoms with Crippen LogP contribution in [0.4, 0.5) is 0 Å². The zero-order valence-electron chi connectivity index (χ0n) is 21.5. The number of fused-ring (bicyclic) bond motifs is 1. The lowest BCUT2D eigenvalue weighted by Crippen LogP contribution is -3.00. The van der Waals surface area contributed by atoms with Crippen LogP contribution in [-0.4, -0.2) is 39.8 Å². The first-order chi connectivity index (χ1) is 17.8. The second-order valence-corrected chi connectivity index (χ2v) is 9.12. The third kappa shape index (κ3) is 6.03. The van der Waals surface area contributed by atoms with E-state index in [-0.39, 0.29) is 34.7 Å². The zero-order chi connectivity index (χ0) is 26.7. The maximum absolute atomic E-state index is 10.4. The number of hydrogen-bond acceptors (Lipinski definition) is 6. The van der Waals surface area contributed by atoms with Gasteiger partial charge in [0.15, 0.2) is 23.0 Å². The van der Waals surface area contributed by atoms with Gasteiger partial charge in [-0.1, -0.05) is 33.9 Å². The van der Waals surface area contributed by atoms with Gasteiger partial charge in [0.05, 0.1) is 45.3 Å². The van der Waals surface area contributed by atoms with E-state index in [1.54, 1.807) is 34.5 Å². The lowest BCUT2D eigenvalue weighted by atomic mass is 10.0. The number of nitrogens with zero attached hydrogens (tertiary/aromatic N) is 2. The average molecular weight is 669 g/mol. The SMILES string of the molecule is COc1ccc(Cc2c3cc(OC)c(OC)cc3cc(C)[n+]2/N=C/c2cc(Cl)cc(Cl)c2O)cc1OC.[I-]. The Labute approximate surface area is 248 Å². The molecule has 1 heterocycles. The monoisotopic (exact) mass is 668 g/mol. The molecule has 1 N–H and O–H groups in total. The number of pyridine rings is 1. The second-order valence-electron chi connectivity index (χ2n) is 8.27. The summed E-state index contributed by atoms with van der Waals surface area (Å²) < 4.78 is 23.8. The Morgan fingerprint density at radius 2 is 1.47 bits per heavy atom. The van der Waals surface area contributed by atoms with E-state index < -0.39 is 0 Å². The van der Waals surface area contributed by atoms with Gasteiger partial charge >= 0.3 is 0 Å². The molecule has 0 fully saturated rings. The van der Waals surface area contributed by atoms with E-state index in [0.29, 0.717) is 40.0 Å². The van der Waals surface area contributed by atoms with E-state index in [2.05, 4.69) is 0 Å². The standard InChI is InChI=1S/C28H26Cl2N2O5.HI/c1-16-8-18-12-26(36-4)27(37-5)14-21(18)23(9-17-6-7-24(34-2)25(10-17)35-3)32(16)31-15-19-11-20(29)13-22(30)28(19)33;/h6-8,10-15H,9H2,1-5H3;1H. The van der Waals surface area contributed by atoms with Crippen LogP contribution in [0.5, 0.6) is 28.7 Å². The van der Waals surface area contributed by atoms with Crippen LogP contribution in [0.3, 0.4) is 0 Å². The summed E-state index contributed by atoms with van der Waals surface area (Å²) in [7, 11) is 6.42. The molecule has 7 nitrogen and oxygen atoms in total. The first-order valence-corrected chi connectivity index (χ1v) is 12.1. The number of aryl methyl sites for hydroxylation is 1. The molecular formula is C28H27Cl2IN2O5. The van der Waals surface area contributed by atoms with Gasteiger partial charge in [-0.05, 0) is 52.4 Å². The van der Waals surface area contributed by atoms with Crippen molar-refractivity contribution in [3.05, 3.63) is 81.1 Å². The summed E-state index contributed by atoms with van der Waals surface area (Å²) in [5.41, 5.74) is 3.12. The van der Waals surface area contributed by atoms with Crippen molar-refractivity contribution in [1.82, 2.24) is 0 Å². The van der Waals surface area contributed by atoms with Crippen molar-refractivity contribution in [3.8, 4) is 28.7 Å². The first kappa shape index (κ1) is 29.6. The Bertz CT molecular complexity index is 1510. The van der Waals surface area contributed by atoms with Crippen LogP contribution < -0.4 is 47.6 Å². The molecule has 0 aliphatic heterocycles. The van der Waals surface area contributed by atoms with Crippen LogP contribution in [0, 0.1) is 6.92 Å². The zero-order valence-corrected chi connectivity index (χ0v) is 25.2. The summed E-state index contributed by atoms with van der Waals surface area (Å²) in [6, 6.07) is 14.8. The van der Waals surface area contributed by atoms with Crippen molar-refractivity contribution < 1.29 is 52.7 Å². The molecular weight excluding hydrogens is 642 g/mol. The molecule has 200 valence electrons. The number of aromatic hydroxyl groups is 1. The number of rotatable bonds is 8. The van der Waals surface area contributed by atoms with Gasteiger partial charge in [-0.25, -0.2) is 0 Å². The number of hydrogen-bond donors (Lipinski definition) is 1. The maximum atomic E-state index is 10.4. The molecule has 1 aromatic heterocycles. The molecule has 0 unspecified atom stereocenters. The second kappa shape index (κ2) is 12.7. The lowest BCUT2D eigenvalue weighted by molar-refractivity contribution is -0.689. The quantitative estimate of drug-likeness (QED) is 0.178. The molecule has 0 saturated heterocycles. The number of halogens is 3. The van der Waals surface area contributed by atoms with Crippen LogP contribution in [0.25, 0.3) is 10.8 Å². The van der Waals surface area contributed by atoms with Crippen molar-refractivity contribution in [1.29, 1.82) is 0 Å². The summed E-state index contributed by atoms with van der Waals surface area (Å²) in [6.07, 6.45) is 2.04. The fourth-order valence-electron chi connectivity index (χ4n) is 4.20. The largest absolute Gasteiger partial charge is 1.00 e. The highest BCUT2D eigenvalue weighted by Gasteiger charge is 2.23. The molecule has 0 spiro atoms. The van der Waals surface area contributed by atoms with E-state index in [1.807, 2.05) is 48.0 Å². The molecule has 0 radical (unpaired) electrons. The molecule has 4 rings (SSSR count). The van der Waals surface area contributed by atoms with E-state index in [0.717, 1.165) is 27.7 Å². The molecule has 0 saturated carbocycles. The normalized spacial score (nSPS) is 10.9. The van der Waals surface area contributed by atoms with Gasteiger partial charge in [-0.2, -0.15) is 0 Å². The third-order valence-corrected chi connectivity index (χ3v) is 6.52. The average Bonchev–Trinajstić information content (AvgIpc) is 2.89. The number of methoxy groups -OCH3 is 4. The lowest BCUT2D eigenvalue weighted by Gasteiger charge is -2.12. The van der Waals surface area contributed by atoms with Gasteiger partial charge in [-0.3, -0.25) is 0 Å². The minimum Gasteiger partial charge on any atom is -1.00 e. The van der Waals surface area contributed by atoms with Gasteiger partial charge < -0.3 is 48.0 Å². The molecule has 0 atom stereocenters. The Morgan fingerprint density at radius 3 is 2.13 bits per heavy atom. The first-order valence-electron chi connectivity index (χ1n) is 11.3. The number of aromatic nitrogens is 1. The topological polar surface area (TPSA) is 73.4 Å². The Morgan fingerprint density at radius 1 is 0.842 bits per heavy atom. The van der Waals surface area contributed by atoms with Crippen LogP contribution >= 0.6 is 23.2 Å². The van der Waals surface area contributed by atoms with Crippen molar-refractivity contribution >= 4 is 40.2 Å². The van der Waals surface area contributed by atoms with E-state index >= 15 is 0 Å². The minimum absolute atomic E-state index is 0. The number of phenolic OH excluding ortho intramolecular Hbond substituents is 1. The van der Waals surface area contributed by atoms with Gasteiger partial charge in [0, 0.05) is 23.6 Å². The summed E-state index contributed by atoms with van der Waals surface area (Å²) in [4.78, 5) is 0. The number of phenols is 1. The predicted molar refractivity (Wildman–Crippen MR) is 145 cm³/mol. The minimum atomic E-state index is -0.0956. The van der Waals surface area contributed by atoms with Crippen LogP contribution in [0.15, 0.2) is 53.6 Å². The smallest absolute Gasteiger partial charge is 0.227 e. The molecule has 38 heavy (non-hydrogen) atoms. The van der Waals surface area contributed by atoms with E-state index in [9.17, 15) is 5.11 Å². The number of benzene rings is 3. The van der Waals surface area contributed by atoms with Gasteiger partial charge in [0.1, 0.15) is 12.0 Å². The van der Waals surface area contributed by atoms with Gasteiger partial charge in [0.25, 0.3) is 0 Å². The van der Waals surface area contributed by atoms with Gasteiger partial charge in [-0.15, -0.1) is 0 Å². The van der Waals surface area contributed by atoms with Crippen LogP contribution in [0.1, 0.15) is 22.5 Å². The van der Waals surface area contributed by atoms with E-state index in [1.165, 1.54) is 12.3 Å². The number of ether oxygens (including phenoxy) is 4. The molecule has 4 aromatic rings. The van der Waals surface area contributed by atoms with Crippen molar-refractivity contribution in [2.75, 3.05) is 28.4 Å². The summed E-state index contributed by atoms with van der Waals surface area (Å²) in [5.74, 6) is 2.41. The van der Waals surface area contributed by atoms with Crippen LogP contribution in [-0.2, 0) is 6.42 Å². The molecule has 0 amide bonds. The summed E-state index contributed by atoms with van der Waals surface area (Å²) in [5, 5.41) is 17.6. The molecule has 0 aliphatic carbocycles. The third-order valence-electron chi connectivity index (χ3n) is 6.01. The van der Waals surface area contributed by atoms with Gasteiger partial charge in [0.2, 0.25) is 11.4 Å². The van der Waals surface area contributed by atoms with Crippen LogP contribution in [0.2, 0.25) is 10.0 Å². The molecule has 0 aliphatic rings. The highest BCUT2D eigenvalue weighted by Crippen LogP contribution is 2.35. The Kier molecular flexibility index (Phi) is 9.92. The summed E-state index contributed by atoms with van der Waals surface area (Å²) >= 11 is 12.3. The maximum Gasteiger partial charge on any atom is 0.227 e. The molecule has 10 heteroatoms. The summed E-state index contributed by atoms with van der Waals surface area (Å²) in [6.45, 7) is 1.95. The molecule has 3 aromatic carbocycles. The fraction of sp³-hybridized carbons (Fsp3) is 0.214. The van der Waals surface area contributed by atoms with Crippen molar-refractivity contribution in [2.24, 2.45) is 5.10 Å². The van der Waals surface area contributed by atoms with Crippen molar-refractivity contribution in [3.63, 3.8) is 0 Å². The highest BCUT2D eigenvalue weighted by molar-refractivity contribution is 6.36. The van der Waals surface area contributed by atoms with Crippen molar-refractivity contribution in [2.45, 2.75) is 13.3 Å². The highest BCUT2D eigenvalue weighted by atomic mass is 127.